The predicted octanol–water partition coefficient (Wildman–Crippen LogP) is 4.54. The molecule has 33 heavy (non-hydrogen) atoms. The number of rotatable bonds is 6. The van der Waals surface area contributed by atoms with Crippen molar-refractivity contribution in [2.24, 2.45) is 0 Å². The number of nitrogens with one attached hydrogen (secondary N) is 2. The lowest BCUT2D eigenvalue weighted by Crippen LogP contribution is -2.36. The van der Waals surface area contributed by atoms with E-state index in [9.17, 15) is 13.2 Å². The molecule has 3 aromatic carbocycles. The van der Waals surface area contributed by atoms with Crippen LogP contribution in [-0.4, -0.2) is 40.6 Å². The molecule has 0 unspecified atom stereocenters. The molecule has 0 saturated carbocycles. The van der Waals surface area contributed by atoms with Crippen LogP contribution in [0.1, 0.15) is 15.9 Å². The van der Waals surface area contributed by atoms with Crippen molar-refractivity contribution in [1.82, 2.24) is 0 Å². The zero-order valence-corrected chi connectivity index (χ0v) is 19.6. The van der Waals surface area contributed by atoms with Crippen molar-refractivity contribution < 1.29 is 17.9 Å². The molecule has 4 rings (SSSR count). The summed E-state index contributed by atoms with van der Waals surface area (Å²) >= 11 is 5.87. The summed E-state index contributed by atoms with van der Waals surface area (Å²) in [6.45, 7) is 4.71. The maximum Gasteiger partial charge on any atom is 0.262 e. The Labute approximate surface area is 198 Å². The standard InChI is InChI=1S/C24H24ClN3O4S/c1-17-2-7-21(16-23(17)33(30,31)27-20-8-5-19(25)6-9-20)26-24(29)18-3-10-22(11-4-18)28-12-14-32-15-13-28/h2-11,16,27H,12-15H2,1H3,(H,26,29). The van der Waals surface area contributed by atoms with Gasteiger partial charge in [0.25, 0.3) is 15.9 Å². The Morgan fingerprint density at radius 1 is 0.939 bits per heavy atom. The molecule has 172 valence electrons. The van der Waals surface area contributed by atoms with Gasteiger partial charge in [0.2, 0.25) is 0 Å². The molecule has 1 aliphatic heterocycles. The Bertz CT molecular complexity index is 1240. The van der Waals surface area contributed by atoms with Crippen molar-refractivity contribution in [2.75, 3.05) is 41.2 Å². The highest BCUT2D eigenvalue weighted by molar-refractivity contribution is 7.92. The number of carbonyl (C=O) groups excluding carboxylic acids is 1. The van der Waals surface area contributed by atoms with Crippen LogP contribution in [0.5, 0.6) is 0 Å². The molecule has 0 spiro atoms. The second kappa shape index (κ2) is 9.82. The van der Waals surface area contributed by atoms with Crippen molar-refractivity contribution in [3.63, 3.8) is 0 Å². The van der Waals surface area contributed by atoms with Crippen LogP contribution in [0.2, 0.25) is 5.02 Å². The Balaban J connectivity index is 1.49. The minimum absolute atomic E-state index is 0.0814. The molecule has 1 amide bonds. The summed E-state index contributed by atoms with van der Waals surface area (Å²) in [5, 5.41) is 3.30. The first-order valence-corrected chi connectivity index (χ1v) is 12.3. The van der Waals surface area contributed by atoms with E-state index in [1.807, 2.05) is 12.1 Å². The molecule has 7 nitrogen and oxygen atoms in total. The van der Waals surface area contributed by atoms with E-state index in [1.54, 1.807) is 55.5 Å². The molecule has 0 bridgehead atoms. The number of nitrogens with zero attached hydrogens (tertiary/aromatic N) is 1. The topological polar surface area (TPSA) is 87.7 Å². The number of aryl methyl sites for hydroxylation is 1. The number of halogens is 1. The highest BCUT2D eigenvalue weighted by atomic mass is 35.5. The molecule has 2 N–H and O–H groups in total. The lowest BCUT2D eigenvalue weighted by atomic mass is 10.1. The van der Waals surface area contributed by atoms with E-state index in [0.717, 1.165) is 18.8 Å². The summed E-state index contributed by atoms with van der Waals surface area (Å²) in [7, 11) is -3.86. The Morgan fingerprint density at radius 3 is 2.24 bits per heavy atom. The number of anilines is 3. The monoisotopic (exact) mass is 485 g/mol. The second-order valence-electron chi connectivity index (χ2n) is 7.69. The summed E-state index contributed by atoms with van der Waals surface area (Å²) in [5.74, 6) is -0.318. The Kier molecular flexibility index (Phi) is 6.88. The zero-order chi connectivity index (χ0) is 23.4. The highest BCUT2D eigenvalue weighted by Gasteiger charge is 2.19. The first-order chi connectivity index (χ1) is 15.8. The van der Waals surface area contributed by atoms with E-state index in [-0.39, 0.29) is 10.8 Å². The van der Waals surface area contributed by atoms with Gasteiger partial charge in [0, 0.05) is 40.7 Å². The minimum Gasteiger partial charge on any atom is -0.378 e. The number of ether oxygens (including phenoxy) is 1. The average molecular weight is 486 g/mol. The van der Waals surface area contributed by atoms with Crippen LogP contribution in [0, 0.1) is 6.92 Å². The predicted molar refractivity (Wildman–Crippen MR) is 131 cm³/mol. The summed E-state index contributed by atoms with van der Waals surface area (Å²) in [5.41, 5.74) is 2.86. The number of carbonyl (C=O) groups is 1. The van der Waals surface area contributed by atoms with E-state index in [4.69, 9.17) is 16.3 Å². The van der Waals surface area contributed by atoms with Gasteiger partial charge in [0.15, 0.2) is 0 Å². The van der Waals surface area contributed by atoms with Crippen LogP contribution in [0.15, 0.2) is 71.6 Å². The van der Waals surface area contributed by atoms with Gasteiger partial charge in [0.05, 0.1) is 18.1 Å². The highest BCUT2D eigenvalue weighted by Crippen LogP contribution is 2.24. The molecule has 3 aromatic rings. The number of morpholine rings is 1. The Hall–Kier alpha value is -3.07. The maximum atomic E-state index is 12.9. The van der Waals surface area contributed by atoms with Crippen LogP contribution in [-0.2, 0) is 14.8 Å². The summed E-state index contributed by atoms with van der Waals surface area (Å²) in [6, 6.07) is 18.5. The average Bonchev–Trinajstić information content (AvgIpc) is 2.82. The number of amides is 1. The lowest BCUT2D eigenvalue weighted by molar-refractivity contribution is 0.102. The number of hydrogen-bond acceptors (Lipinski definition) is 5. The van der Waals surface area contributed by atoms with E-state index < -0.39 is 10.0 Å². The van der Waals surface area contributed by atoms with Crippen molar-refractivity contribution in [2.45, 2.75) is 11.8 Å². The van der Waals surface area contributed by atoms with Crippen molar-refractivity contribution in [3.05, 3.63) is 82.9 Å². The lowest BCUT2D eigenvalue weighted by Gasteiger charge is -2.28. The third kappa shape index (κ3) is 5.65. The van der Waals surface area contributed by atoms with Gasteiger partial charge in [-0.25, -0.2) is 8.42 Å². The van der Waals surface area contributed by atoms with Crippen LogP contribution < -0.4 is 14.9 Å². The largest absolute Gasteiger partial charge is 0.378 e. The Morgan fingerprint density at radius 2 is 1.58 bits per heavy atom. The van der Waals surface area contributed by atoms with Gasteiger partial charge in [-0.2, -0.15) is 0 Å². The normalized spacial score (nSPS) is 14.1. The molecule has 0 radical (unpaired) electrons. The summed E-state index contributed by atoms with van der Waals surface area (Å²) in [4.78, 5) is 15.0. The van der Waals surface area contributed by atoms with Crippen LogP contribution in [0.3, 0.4) is 0 Å². The number of benzene rings is 3. The third-order valence-corrected chi connectivity index (χ3v) is 7.11. The fourth-order valence-corrected chi connectivity index (χ4v) is 5.00. The van der Waals surface area contributed by atoms with Gasteiger partial charge in [-0.1, -0.05) is 17.7 Å². The molecular formula is C24H24ClN3O4S. The van der Waals surface area contributed by atoms with Crippen molar-refractivity contribution in [1.29, 1.82) is 0 Å². The van der Waals surface area contributed by atoms with E-state index in [1.165, 1.54) is 6.07 Å². The first kappa shape index (κ1) is 23.1. The molecule has 0 aromatic heterocycles. The van der Waals surface area contributed by atoms with Gasteiger partial charge < -0.3 is 15.0 Å². The summed E-state index contributed by atoms with van der Waals surface area (Å²) < 4.78 is 33.8. The van der Waals surface area contributed by atoms with Gasteiger partial charge >= 0.3 is 0 Å². The smallest absolute Gasteiger partial charge is 0.262 e. The number of sulfonamides is 1. The molecule has 1 aliphatic rings. The number of hydrogen-bond donors (Lipinski definition) is 2. The van der Waals surface area contributed by atoms with Crippen molar-refractivity contribution >= 4 is 44.6 Å². The fourth-order valence-electron chi connectivity index (χ4n) is 3.54. The van der Waals surface area contributed by atoms with Crippen LogP contribution >= 0.6 is 11.6 Å². The van der Waals surface area contributed by atoms with Gasteiger partial charge in [-0.15, -0.1) is 0 Å². The van der Waals surface area contributed by atoms with E-state index in [2.05, 4.69) is 14.9 Å². The van der Waals surface area contributed by atoms with Crippen LogP contribution in [0.25, 0.3) is 0 Å². The molecule has 0 atom stereocenters. The van der Waals surface area contributed by atoms with Gasteiger partial charge in [0.1, 0.15) is 0 Å². The van der Waals surface area contributed by atoms with Gasteiger partial charge in [-0.05, 0) is 73.2 Å². The molecule has 1 heterocycles. The molecule has 1 fully saturated rings. The van der Waals surface area contributed by atoms with Crippen molar-refractivity contribution in [3.8, 4) is 0 Å². The van der Waals surface area contributed by atoms with Crippen LogP contribution in [0.4, 0.5) is 17.1 Å². The van der Waals surface area contributed by atoms with Gasteiger partial charge in [-0.3, -0.25) is 9.52 Å². The van der Waals surface area contributed by atoms with E-state index >= 15 is 0 Å². The zero-order valence-electron chi connectivity index (χ0n) is 18.0. The second-order valence-corrected chi connectivity index (χ2v) is 9.78. The quantitative estimate of drug-likeness (QED) is 0.535. The summed E-state index contributed by atoms with van der Waals surface area (Å²) in [6.07, 6.45) is 0. The fraction of sp³-hybridized carbons (Fsp3) is 0.208. The third-order valence-electron chi connectivity index (χ3n) is 5.34. The first-order valence-electron chi connectivity index (χ1n) is 10.4. The molecule has 1 saturated heterocycles. The molecular weight excluding hydrogens is 462 g/mol. The minimum atomic E-state index is -3.86. The van der Waals surface area contributed by atoms with E-state index in [0.29, 0.717) is 40.7 Å². The maximum absolute atomic E-state index is 12.9. The molecule has 9 heteroatoms. The molecule has 0 aliphatic carbocycles. The SMILES string of the molecule is Cc1ccc(NC(=O)c2ccc(N3CCOCC3)cc2)cc1S(=O)(=O)Nc1ccc(Cl)cc1.